The molecule has 1 fully saturated rings. The van der Waals surface area contributed by atoms with E-state index >= 15 is 0 Å². The van der Waals surface area contributed by atoms with Crippen LogP contribution in [0.5, 0.6) is 0 Å². The fraction of sp³-hybridized carbons (Fsp3) is 1.00. The average Bonchev–Trinajstić information content (AvgIpc) is 2.29. The van der Waals surface area contributed by atoms with Crippen molar-refractivity contribution in [2.24, 2.45) is 11.7 Å². The Morgan fingerprint density at radius 1 is 1.31 bits per heavy atom. The highest BCUT2D eigenvalue weighted by atomic mass is 16.5. The van der Waals surface area contributed by atoms with Crippen molar-refractivity contribution in [1.29, 1.82) is 0 Å². The molecule has 0 radical (unpaired) electrons. The standard InChI is InChI=1S/C13H28N2O/c1-11(2)16-9-5-8-15-13-7-4-3-6-12(13)10-14/h11-13,15H,3-10,14H2,1-2H3. The van der Waals surface area contributed by atoms with E-state index in [9.17, 15) is 0 Å². The zero-order valence-electron chi connectivity index (χ0n) is 10.9. The minimum Gasteiger partial charge on any atom is -0.379 e. The van der Waals surface area contributed by atoms with Crippen molar-refractivity contribution in [1.82, 2.24) is 5.32 Å². The van der Waals surface area contributed by atoms with Crippen LogP contribution < -0.4 is 11.1 Å². The quantitative estimate of drug-likeness (QED) is 0.654. The summed E-state index contributed by atoms with van der Waals surface area (Å²) in [4.78, 5) is 0. The van der Waals surface area contributed by atoms with E-state index in [2.05, 4.69) is 19.2 Å². The lowest BCUT2D eigenvalue weighted by atomic mass is 9.84. The molecule has 0 amide bonds. The smallest absolute Gasteiger partial charge is 0.0518 e. The van der Waals surface area contributed by atoms with Crippen LogP contribution in [0.2, 0.25) is 0 Å². The second-order valence-electron chi connectivity index (χ2n) is 5.11. The molecule has 2 atom stereocenters. The lowest BCUT2D eigenvalue weighted by Crippen LogP contribution is -2.42. The van der Waals surface area contributed by atoms with E-state index in [0.717, 1.165) is 26.1 Å². The number of hydrogen-bond donors (Lipinski definition) is 2. The van der Waals surface area contributed by atoms with E-state index < -0.39 is 0 Å². The Labute approximate surface area is 100 Å². The lowest BCUT2D eigenvalue weighted by molar-refractivity contribution is 0.0760. The van der Waals surface area contributed by atoms with Crippen LogP contribution in [0, 0.1) is 5.92 Å². The highest BCUT2D eigenvalue weighted by Crippen LogP contribution is 2.23. The Bertz CT molecular complexity index is 173. The zero-order valence-corrected chi connectivity index (χ0v) is 10.9. The molecule has 0 aromatic heterocycles. The maximum absolute atomic E-state index is 5.80. The van der Waals surface area contributed by atoms with Gasteiger partial charge in [-0.05, 0) is 52.1 Å². The second-order valence-corrected chi connectivity index (χ2v) is 5.11. The molecule has 0 bridgehead atoms. The Kier molecular flexibility index (Phi) is 7.01. The molecule has 96 valence electrons. The second kappa shape index (κ2) is 8.04. The molecule has 1 saturated carbocycles. The molecule has 3 N–H and O–H groups in total. The SMILES string of the molecule is CC(C)OCCCNC1CCCCC1CN. The monoisotopic (exact) mass is 228 g/mol. The van der Waals surface area contributed by atoms with Crippen LogP contribution in [0.3, 0.4) is 0 Å². The predicted octanol–water partition coefficient (Wildman–Crippen LogP) is 1.91. The van der Waals surface area contributed by atoms with Gasteiger partial charge in [-0.1, -0.05) is 12.8 Å². The molecule has 0 aliphatic heterocycles. The normalized spacial score (nSPS) is 26.2. The van der Waals surface area contributed by atoms with E-state index in [-0.39, 0.29) is 0 Å². The minimum absolute atomic E-state index is 0.353. The van der Waals surface area contributed by atoms with Gasteiger partial charge in [-0.2, -0.15) is 0 Å². The van der Waals surface area contributed by atoms with Gasteiger partial charge in [-0.25, -0.2) is 0 Å². The molecule has 0 spiro atoms. The summed E-state index contributed by atoms with van der Waals surface area (Å²) in [5.41, 5.74) is 5.80. The fourth-order valence-electron chi connectivity index (χ4n) is 2.44. The van der Waals surface area contributed by atoms with E-state index in [1.807, 2.05) is 0 Å². The van der Waals surface area contributed by atoms with Crippen LogP contribution in [-0.2, 0) is 4.74 Å². The third kappa shape index (κ3) is 5.28. The van der Waals surface area contributed by atoms with Gasteiger partial charge in [0.2, 0.25) is 0 Å². The van der Waals surface area contributed by atoms with Crippen molar-refractivity contribution in [3.63, 3.8) is 0 Å². The van der Waals surface area contributed by atoms with Crippen LogP contribution in [0.15, 0.2) is 0 Å². The van der Waals surface area contributed by atoms with Crippen molar-refractivity contribution in [2.75, 3.05) is 19.7 Å². The summed E-state index contributed by atoms with van der Waals surface area (Å²) < 4.78 is 5.52. The zero-order chi connectivity index (χ0) is 11.8. The third-order valence-electron chi connectivity index (χ3n) is 3.39. The van der Waals surface area contributed by atoms with Gasteiger partial charge in [0.05, 0.1) is 6.10 Å². The molecule has 0 heterocycles. The maximum Gasteiger partial charge on any atom is 0.0518 e. The van der Waals surface area contributed by atoms with E-state index in [0.29, 0.717) is 18.1 Å². The first-order chi connectivity index (χ1) is 7.74. The van der Waals surface area contributed by atoms with Crippen LogP contribution in [0.25, 0.3) is 0 Å². The van der Waals surface area contributed by atoms with Gasteiger partial charge >= 0.3 is 0 Å². The Balaban J connectivity index is 2.06. The fourth-order valence-corrected chi connectivity index (χ4v) is 2.44. The van der Waals surface area contributed by atoms with Gasteiger partial charge in [0.15, 0.2) is 0 Å². The molecule has 0 saturated heterocycles. The number of nitrogens with one attached hydrogen (secondary N) is 1. The number of hydrogen-bond acceptors (Lipinski definition) is 3. The van der Waals surface area contributed by atoms with Crippen molar-refractivity contribution >= 4 is 0 Å². The van der Waals surface area contributed by atoms with Crippen molar-refractivity contribution in [3.05, 3.63) is 0 Å². The molecule has 1 aliphatic rings. The molecule has 0 aromatic rings. The Morgan fingerprint density at radius 3 is 2.75 bits per heavy atom. The van der Waals surface area contributed by atoms with Crippen LogP contribution in [0.1, 0.15) is 46.0 Å². The molecule has 0 aromatic carbocycles. The van der Waals surface area contributed by atoms with Gasteiger partial charge in [0.25, 0.3) is 0 Å². The van der Waals surface area contributed by atoms with Crippen molar-refractivity contribution < 1.29 is 4.74 Å². The summed E-state index contributed by atoms with van der Waals surface area (Å²) >= 11 is 0. The summed E-state index contributed by atoms with van der Waals surface area (Å²) in [5, 5.41) is 3.64. The van der Waals surface area contributed by atoms with Gasteiger partial charge in [0, 0.05) is 12.6 Å². The first-order valence-corrected chi connectivity index (χ1v) is 6.79. The lowest BCUT2D eigenvalue weighted by Gasteiger charge is -2.31. The third-order valence-corrected chi connectivity index (χ3v) is 3.39. The summed E-state index contributed by atoms with van der Waals surface area (Å²) in [7, 11) is 0. The number of nitrogens with two attached hydrogens (primary N) is 1. The Hall–Kier alpha value is -0.120. The summed E-state index contributed by atoms with van der Waals surface area (Å²) in [6, 6.07) is 0.651. The van der Waals surface area contributed by atoms with Gasteiger partial charge < -0.3 is 15.8 Å². The summed E-state index contributed by atoms with van der Waals surface area (Å²) in [5.74, 6) is 0.694. The highest BCUT2D eigenvalue weighted by molar-refractivity contribution is 4.81. The van der Waals surface area contributed by atoms with Crippen molar-refractivity contribution in [2.45, 2.75) is 58.1 Å². The van der Waals surface area contributed by atoms with Gasteiger partial charge in [0.1, 0.15) is 0 Å². The maximum atomic E-state index is 5.80. The molecule has 16 heavy (non-hydrogen) atoms. The van der Waals surface area contributed by atoms with E-state index in [4.69, 9.17) is 10.5 Å². The molecule has 3 heteroatoms. The minimum atomic E-state index is 0.353. The first kappa shape index (κ1) is 13.9. The molecular formula is C13H28N2O. The highest BCUT2D eigenvalue weighted by Gasteiger charge is 2.22. The first-order valence-electron chi connectivity index (χ1n) is 6.79. The van der Waals surface area contributed by atoms with E-state index in [1.54, 1.807) is 0 Å². The summed E-state index contributed by atoms with van der Waals surface area (Å²) in [6.07, 6.45) is 6.77. The molecule has 1 rings (SSSR count). The molecular weight excluding hydrogens is 200 g/mol. The van der Waals surface area contributed by atoms with Gasteiger partial charge in [-0.15, -0.1) is 0 Å². The van der Waals surface area contributed by atoms with Crippen LogP contribution >= 0.6 is 0 Å². The Morgan fingerprint density at radius 2 is 2.06 bits per heavy atom. The molecule has 1 aliphatic carbocycles. The van der Waals surface area contributed by atoms with Crippen molar-refractivity contribution in [3.8, 4) is 0 Å². The predicted molar refractivity (Wildman–Crippen MR) is 68.5 cm³/mol. The molecule has 2 unspecified atom stereocenters. The molecule has 3 nitrogen and oxygen atoms in total. The largest absolute Gasteiger partial charge is 0.379 e. The van der Waals surface area contributed by atoms with Crippen LogP contribution in [-0.4, -0.2) is 31.8 Å². The summed E-state index contributed by atoms with van der Waals surface area (Å²) in [6.45, 7) is 6.93. The topological polar surface area (TPSA) is 47.3 Å². The van der Waals surface area contributed by atoms with Crippen LogP contribution in [0.4, 0.5) is 0 Å². The average molecular weight is 228 g/mol. The number of ether oxygens (including phenoxy) is 1. The van der Waals surface area contributed by atoms with E-state index in [1.165, 1.54) is 25.7 Å². The number of rotatable bonds is 7. The van der Waals surface area contributed by atoms with Gasteiger partial charge in [-0.3, -0.25) is 0 Å².